The predicted octanol–water partition coefficient (Wildman–Crippen LogP) is 2.99. The van der Waals surface area contributed by atoms with E-state index in [0.29, 0.717) is 5.52 Å². The Labute approximate surface area is 174 Å². The topological polar surface area (TPSA) is 134 Å². The number of amides is 1. The summed E-state index contributed by atoms with van der Waals surface area (Å²) in [6, 6.07) is 9.38. The van der Waals surface area contributed by atoms with E-state index in [2.05, 4.69) is 5.32 Å². The van der Waals surface area contributed by atoms with E-state index in [4.69, 9.17) is 9.15 Å². The number of esters is 1. The minimum absolute atomic E-state index is 0.0261. The van der Waals surface area contributed by atoms with Crippen molar-refractivity contribution in [3.8, 4) is 0 Å². The molecule has 11 heteroatoms. The van der Waals surface area contributed by atoms with Gasteiger partial charge in [0.15, 0.2) is 11.7 Å². The Bertz CT molecular complexity index is 1200. The molecule has 0 aliphatic heterocycles. The normalized spacial score (nSPS) is 11.8. The molecule has 3 aromatic rings. The molecule has 2 aromatic carbocycles. The maximum atomic E-state index is 13.6. The molecule has 0 fully saturated rings. The van der Waals surface area contributed by atoms with Gasteiger partial charge in [-0.2, -0.15) is 0 Å². The minimum Gasteiger partial charge on any atom is -0.453 e. The van der Waals surface area contributed by atoms with E-state index in [0.717, 1.165) is 6.07 Å². The summed E-state index contributed by atoms with van der Waals surface area (Å²) in [5.74, 6) is -2.68. The highest BCUT2D eigenvalue weighted by Crippen LogP contribution is 2.20. The molecule has 1 heterocycles. The number of ether oxygens (including phenoxy) is 1. The van der Waals surface area contributed by atoms with Gasteiger partial charge in [-0.25, -0.2) is 9.18 Å². The predicted molar refractivity (Wildman–Crippen MR) is 107 cm³/mol. The highest BCUT2D eigenvalue weighted by molar-refractivity contribution is 5.95. The van der Waals surface area contributed by atoms with E-state index in [1.165, 1.54) is 41.8 Å². The zero-order valence-corrected chi connectivity index (χ0v) is 16.4. The van der Waals surface area contributed by atoms with Crippen LogP contribution in [0.1, 0.15) is 19.8 Å². The van der Waals surface area contributed by atoms with Crippen molar-refractivity contribution in [2.24, 2.45) is 0 Å². The third kappa shape index (κ3) is 5.13. The Morgan fingerprint density at radius 3 is 2.74 bits per heavy atom. The second-order valence-corrected chi connectivity index (χ2v) is 6.63. The Morgan fingerprint density at radius 1 is 1.29 bits per heavy atom. The van der Waals surface area contributed by atoms with Gasteiger partial charge in [0, 0.05) is 19.0 Å². The van der Waals surface area contributed by atoms with Gasteiger partial charge in [0.1, 0.15) is 5.82 Å². The number of nitro benzene ring substituents is 1. The van der Waals surface area contributed by atoms with E-state index in [-0.39, 0.29) is 36.3 Å². The monoisotopic (exact) mass is 431 g/mol. The van der Waals surface area contributed by atoms with Gasteiger partial charge in [-0.3, -0.25) is 24.3 Å². The number of halogens is 1. The van der Waals surface area contributed by atoms with Crippen LogP contribution in [0.5, 0.6) is 0 Å². The van der Waals surface area contributed by atoms with Crippen molar-refractivity contribution in [1.29, 1.82) is 0 Å². The number of para-hydroxylation sites is 1. The summed E-state index contributed by atoms with van der Waals surface area (Å²) >= 11 is 0. The number of nitrogens with zero attached hydrogens (tertiary/aromatic N) is 2. The quantitative estimate of drug-likeness (QED) is 0.329. The van der Waals surface area contributed by atoms with Gasteiger partial charge in [0.05, 0.1) is 22.2 Å². The fourth-order valence-electron chi connectivity index (χ4n) is 2.87. The molecular formula is C20H18FN3O7. The Hall–Kier alpha value is -4.02. The maximum Gasteiger partial charge on any atom is 0.419 e. The molecule has 10 nitrogen and oxygen atoms in total. The number of carbonyl (C=O) groups excluding carboxylic acids is 2. The number of aromatic nitrogens is 1. The second-order valence-electron chi connectivity index (χ2n) is 6.63. The third-order valence-corrected chi connectivity index (χ3v) is 4.43. The number of carbonyl (C=O) groups is 2. The van der Waals surface area contributed by atoms with Gasteiger partial charge in [-0.15, -0.1) is 0 Å². The van der Waals surface area contributed by atoms with Crippen LogP contribution in [0, 0.1) is 15.9 Å². The molecule has 162 valence electrons. The van der Waals surface area contributed by atoms with Crippen LogP contribution in [0.2, 0.25) is 0 Å². The van der Waals surface area contributed by atoms with Crippen LogP contribution in [0.15, 0.2) is 51.7 Å². The molecule has 0 aliphatic carbocycles. The van der Waals surface area contributed by atoms with E-state index >= 15 is 0 Å². The standard InChI is InChI=1S/C20H18FN3O7/c1-12(19(26)22-15-6-3-2-5-14(15)21)30-18(25)7-4-10-23-16-9-8-13(24(28)29)11-17(16)31-20(23)27/h2-3,5-6,8-9,11-12H,4,7,10H2,1H3,(H,22,26)/t12-/m1/s1. The fourth-order valence-corrected chi connectivity index (χ4v) is 2.87. The summed E-state index contributed by atoms with van der Waals surface area (Å²) in [5, 5.41) is 13.2. The van der Waals surface area contributed by atoms with Crippen molar-refractivity contribution in [3.05, 3.63) is 68.9 Å². The van der Waals surface area contributed by atoms with Crippen LogP contribution < -0.4 is 11.1 Å². The Kier molecular flexibility index (Phi) is 6.43. The number of hydrogen-bond donors (Lipinski definition) is 1. The first-order chi connectivity index (χ1) is 14.8. The van der Waals surface area contributed by atoms with Crippen molar-refractivity contribution in [3.63, 3.8) is 0 Å². The van der Waals surface area contributed by atoms with Gasteiger partial charge >= 0.3 is 11.7 Å². The van der Waals surface area contributed by atoms with Crippen LogP contribution in [0.25, 0.3) is 11.1 Å². The van der Waals surface area contributed by atoms with Crippen LogP contribution in [0.4, 0.5) is 15.8 Å². The molecule has 0 saturated carbocycles. The molecule has 1 N–H and O–H groups in total. The van der Waals surface area contributed by atoms with Crippen LogP contribution in [-0.4, -0.2) is 27.5 Å². The fraction of sp³-hybridized carbons (Fsp3) is 0.250. The lowest BCUT2D eigenvalue weighted by Gasteiger charge is -2.14. The summed E-state index contributed by atoms with van der Waals surface area (Å²) in [6.07, 6.45) is -1.04. The van der Waals surface area contributed by atoms with Crippen molar-refractivity contribution in [2.45, 2.75) is 32.4 Å². The summed E-state index contributed by atoms with van der Waals surface area (Å²) in [5.41, 5.74) is 0.197. The molecule has 0 unspecified atom stereocenters. The highest BCUT2D eigenvalue weighted by Gasteiger charge is 2.19. The van der Waals surface area contributed by atoms with Gasteiger partial charge in [-0.05, 0) is 31.5 Å². The molecular weight excluding hydrogens is 413 g/mol. The number of fused-ring (bicyclic) bond motifs is 1. The molecule has 1 atom stereocenters. The number of hydrogen-bond acceptors (Lipinski definition) is 7. The summed E-state index contributed by atoms with van der Waals surface area (Å²) in [6.45, 7) is 1.46. The van der Waals surface area contributed by atoms with E-state index in [9.17, 15) is 28.9 Å². The molecule has 0 saturated heterocycles. The van der Waals surface area contributed by atoms with Crippen LogP contribution >= 0.6 is 0 Å². The van der Waals surface area contributed by atoms with Crippen LogP contribution in [0.3, 0.4) is 0 Å². The zero-order valence-electron chi connectivity index (χ0n) is 16.4. The summed E-state index contributed by atoms with van der Waals surface area (Å²) in [7, 11) is 0. The Balaban J connectivity index is 1.53. The highest BCUT2D eigenvalue weighted by atomic mass is 19.1. The lowest BCUT2D eigenvalue weighted by Crippen LogP contribution is -2.30. The second kappa shape index (κ2) is 9.20. The average molecular weight is 431 g/mol. The number of nitrogens with one attached hydrogen (secondary N) is 1. The number of rotatable bonds is 8. The average Bonchev–Trinajstić information content (AvgIpc) is 3.04. The lowest BCUT2D eigenvalue weighted by molar-refractivity contribution is -0.384. The smallest absolute Gasteiger partial charge is 0.419 e. The number of aryl methyl sites for hydroxylation is 1. The van der Waals surface area contributed by atoms with E-state index in [1.54, 1.807) is 6.07 Å². The van der Waals surface area contributed by atoms with E-state index < -0.39 is 34.5 Å². The van der Waals surface area contributed by atoms with Crippen molar-refractivity contribution >= 4 is 34.4 Å². The van der Waals surface area contributed by atoms with Crippen molar-refractivity contribution in [1.82, 2.24) is 4.57 Å². The van der Waals surface area contributed by atoms with Crippen molar-refractivity contribution in [2.75, 3.05) is 5.32 Å². The number of non-ortho nitro benzene ring substituents is 1. The first-order valence-corrected chi connectivity index (χ1v) is 9.29. The SMILES string of the molecule is C[C@@H](OC(=O)CCCn1c(=O)oc2cc([N+](=O)[O-])ccc21)C(=O)Nc1ccccc1F. The van der Waals surface area contributed by atoms with Crippen LogP contribution in [-0.2, 0) is 20.9 Å². The minimum atomic E-state index is -1.15. The zero-order chi connectivity index (χ0) is 22.5. The lowest BCUT2D eigenvalue weighted by atomic mass is 10.2. The number of oxazole rings is 1. The summed E-state index contributed by atoms with van der Waals surface area (Å²) < 4.78 is 24.9. The third-order valence-electron chi connectivity index (χ3n) is 4.43. The number of nitro groups is 1. The number of anilines is 1. The van der Waals surface area contributed by atoms with Gasteiger partial charge in [0.2, 0.25) is 0 Å². The molecule has 0 bridgehead atoms. The van der Waals surface area contributed by atoms with Gasteiger partial charge in [-0.1, -0.05) is 12.1 Å². The molecule has 1 aromatic heterocycles. The van der Waals surface area contributed by atoms with Gasteiger partial charge in [0.25, 0.3) is 11.6 Å². The largest absolute Gasteiger partial charge is 0.453 e. The molecule has 0 radical (unpaired) electrons. The Morgan fingerprint density at radius 2 is 2.03 bits per heavy atom. The molecule has 1 amide bonds. The van der Waals surface area contributed by atoms with Gasteiger partial charge < -0.3 is 14.5 Å². The molecule has 3 rings (SSSR count). The first kappa shape index (κ1) is 21.7. The number of benzene rings is 2. The first-order valence-electron chi connectivity index (χ1n) is 9.29. The van der Waals surface area contributed by atoms with E-state index in [1.807, 2.05) is 0 Å². The van der Waals surface area contributed by atoms with Crippen molar-refractivity contribution < 1.29 is 28.1 Å². The summed E-state index contributed by atoms with van der Waals surface area (Å²) in [4.78, 5) is 46.3. The maximum absolute atomic E-state index is 13.6. The molecule has 31 heavy (non-hydrogen) atoms. The molecule has 0 spiro atoms. The molecule has 0 aliphatic rings.